The van der Waals surface area contributed by atoms with E-state index >= 15 is 0 Å². The predicted octanol–water partition coefficient (Wildman–Crippen LogP) is 0.642. The standard InChI is InChI=1S/C11H21NO3/c1-9(8-15-2)7-11(14)12(5-6-13)10-3-4-10/h9-10,13H,3-8H2,1-2H3. The number of aliphatic hydroxyl groups excluding tert-OH is 1. The summed E-state index contributed by atoms with van der Waals surface area (Å²) in [6.07, 6.45) is 2.69. The van der Waals surface area contributed by atoms with Gasteiger partial charge in [0.05, 0.1) is 6.61 Å². The third kappa shape index (κ3) is 4.18. The molecule has 0 saturated heterocycles. The smallest absolute Gasteiger partial charge is 0.223 e. The highest BCUT2D eigenvalue weighted by Gasteiger charge is 2.32. The second-order valence-electron chi connectivity index (χ2n) is 4.31. The minimum Gasteiger partial charge on any atom is -0.395 e. The van der Waals surface area contributed by atoms with Crippen LogP contribution in [-0.4, -0.2) is 48.8 Å². The van der Waals surface area contributed by atoms with Gasteiger partial charge in [-0.15, -0.1) is 0 Å². The molecule has 4 nitrogen and oxygen atoms in total. The molecule has 0 spiro atoms. The minimum absolute atomic E-state index is 0.0564. The summed E-state index contributed by atoms with van der Waals surface area (Å²) in [4.78, 5) is 13.7. The van der Waals surface area contributed by atoms with Gasteiger partial charge in [0.15, 0.2) is 0 Å². The van der Waals surface area contributed by atoms with Crippen molar-refractivity contribution in [3.05, 3.63) is 0 Å². The second-order valence-corrected chi connectivity index (χ2v) is 4.31. The Kier molecular flexibility index (Phi) is 5.05. The second kappa shape index (κ2) is 6.08. The van der Waals surface area contributed by atoms with Crippen LogP contribution in [0.15, 0.2) is 0 Å². The molecule has 1 amide bonds. The first-order valence-electron chi connectivity index (χ1n) is 5.58. The summed E-state index contributed by atoms with van der Waals surface area (Å²) < 4.78 is 5.00. The molecule has 0 aromatic carbocycles. The fourth-order valence-corrected chi connectivity index (χ4v) is 1.76. The van der Waals surface area contributed by atoms with Crippen molar-refractivity contribution in [2.24, 2.45) is 5.92 Å². The fraction of sp³-hybridized carbons (Fsp3) is 0.909. The number of rotatable bonds is 7. The molecule has 1 aliphatic rings. The summed E-state index contributed by atoms with van der Waals surface area (Å²) in [5.74, 6) is 0.401. The van der Waals surface area contributed by atoms with Gasteiger partial charge in [0.1, 0.15) is 0 Å². The molecule has 1 rings (SSSR count). The highest BCUT2D eigenvalue weighted by molar-refractivity contribution is 5.77. The number of carbonyl (C=O) groups excluding carboxylic acids is 1. The number of nitrogens with zero attached hydrogens (tertiary/aromatic N) is 1. The SMILES string of the molecule is COCC(C)CC(=O)N(CCO)C1CC1. The number of methoxy groups -OCH3 is 1. The van der Waals surface area contributed by atoms with Crippen LogP contribution in [0.1, 0.15) is 26.2 Å². The molecule has 0 aromatic heterocycles. The Morgan fingerprint density at radius 1 is 1.60 bits per heavy atom. The monoisotopic (exact) mass is 215 g/mol. The first-order valence-corrected chi connectivity index (χ1v) is 5.58. The molecule has 0 bridgehead atoms. The number of carbonyl (C=O) groups is 1. The lowest BCUT2D eigenvalue weighted by Crippen LogP contribution is -2.36. The molecule has 0 aliphatic heterocycles. The maximum absolute atomic E-state index is 11.9. The summed E-state index contributed by atoms with van der Waals surface area (Å²) in [5, 5.41) is 8.88. The number of ether oxygens (including phenoxy) is 1. The predicted molar refractivity (Wildman–Crippen MR) is 57.5 cm³/mol. The third-order valence-corrected chi connectivity index (χ3v) is 2.62. The molecule has 0 radical (unpaired) electrons. The molecule has 15 heavy (non-hydrogen) atoms. The molecule has 0 heterocycles. The molecule has 1 atom stereocenters. The quantitative estimate of drug-likeness (QED) is 0.678. The maximum Gasteiger partial charge on any atom is 0.223 e. The molecule has 4 heteroatoms. The van der Waals surface area contributed by atoms with Crippen LogP contribution in [0.2, 0.25) is 0 Å². The van der Waals surface area contributed by atoms with Gasteiger partial charge in [0, 0.05) is 32.7 Å². The van der Waals surface area contributed by atoms with Crippen LogP contribution in [0.25, 0.3) is 0 Å². The largest absolute Gasteiger partial charge is 0.395 e. The molecule has 88 valence electrons. The van der Waals surface area contributed by atoms with Crippen molar-refractivity contribution < 1.29 is 14.6 Å². The van der Waals surface area contributed by atoms with Gasteiger partial charge in [-0.1, -0.05) is 6.92 Å². The zero-order valence-electron chi connectivity index (χ0n) is 9.61. The van der Waals surface area contributed by atoms with Gasteiger partial charge in [-0.05, 0) is 18.8 Å². The van der Waals surface area contributed by atoms with Gasteiger partial charge >= 0.3 is 0 Å². The van der Waals surface area contributed by atoms with Crippen LogP contribution in [-0.2, 0) is 9.53 Å². The van der Waals surface area contributed by atoms with Gasteiger partial charge in [-0.2, -0.15) is 0 Å². The third-order valence-electron chi connectivity index (χ3n) is 2.62. The first-order chi connectivity index (χ1) is 7.19. The molecule has 1 unspecified atom stereocenters. The van der Waals surface area contributed by atoms with Gasteiger partial charge in [-0.3, -0.25) is 4.79 Å². The zero-order valence-corrected chi connectivity index (χ0v) is 9.61. The van der Waals surface area contributed by atoms with Crippen molar-refractivity contribution in [1.29, 1.82) is 0 Å². The molecule has 1 N–H and O–H groups in total. The van der Waals surface area contributed by atoms with Crippen LogP contribution in [0, 0.1) is 5.92 Å². The first kappa shape index (κ1) is 12.5. The lowest BCUT2D eigenvalue weighted by Gasteiger charge is -2.23. The van der Waals surface area contributed by atoms with Crippen molar-refractivity contribution in [3.63, 3.8) is 0 Å². The topological polar surface area (TPSA) is 49.8 Å². The van der Waals surface area contributed by atoms with E-state index < -0.39 is 0 Å². The van der Waals surface area contributed by atoms with E-state index in [0.717, 1.165) is 12.8 Å². The maximum atomic E-state index is 11.9. The van der Waals surface area contributed by atoms with Gasteiger partial charge in [0.2, 0.25) is 5.91 Å². The van der Waals surface area contributed by atoms with Crippen LogP contribution in [0.3, 0.4) is 0 Å². The number of aliphatic hydroxyl groups is 1. The average molecular weight is 215 g/mol. The van der Waals surface area contributed by atoms with E-state index in [1.165, 1.54) is 0 Å². The van der Waals surface area contributed by atoms with Gasteiger partial charge < -0.3 is 14.7 Å². The van der Waals surface area contributed by atoms with Crippen LogP contribution >= 0.6 is 0 Å². The molecular formula is C11H21NO3. The summed E-state index contributed by atoms with van der Waals surface area (Å²) in [5.41, 5.74) is 0. The van der Waals surface area contributed by atoms with Crippen molar-refractivity contribution in [2.45, 2.75) is 32.2 Å². The zero-order chi connectivity index (χ0) is 11.3. The molecule has 1 saturated carbocycles. The number of amides is 1. The molecule has 1 fully saturated rings. The van der Waals surface area contributed by atoms with Crippen molar-refractivity contribution in [3.8, 4) is 0 Å². The summed E-state index contributed by atoms with van der Waals surface area (Å²) >= 11 is 0. The lowest BCUT2D eigenvalue weighted by atomic mass is 10.1. The van der Waals surface area contributed by atoms with Crippen molar-refractivity contribution >= 4 is 5.91 Å². The van der Waals surface area contributed by atoms with E-state index in [2.05, 4.69) is 0 Å². The van der Waals surface area contributed by atoms with E-state index in [0.29, 0.717) is 25.6 Å². The fourth-order valence-electron chi connectivity index (χ4n) is 1.76. The molecule has 0 aromatic rings. The average Bonchev–Trinajstić information content (AvgIpc) is 2.97. The Balaban J connectivity index is 2.34. The highest BCUT2D eigenvalue weighted by Crippen LogP contribution is 2.27. The van der Waals surface area contributed by atoms with E-state index in [1.807, 2.05) is 11.8 Å². The Morgan fingerprint density at radius 3 is 2.73 bits per heavy atom. The van der Waals surface area contributed by atoms with E-state index in [-0.39, 0.29) is 18.4 Å². The van der Waals surface area contributed by atoms with Crippen LogP contribution in [0.5, 0.6) is 0 Å². The van der Waals surface area contributed by atoms with Crippen LogP contribution < -0.4 is 0 Å². The van der Waals surface area contributed by atoms with Gasteiger partial charge in [0.25, 0.3) is 0 Å². The van der Waals surface area contributed by atoms with Crippen molar-refractivity contribution in [2.75, 3.05) is 26.9 Å². The van der Waals surface area contributed by atoms with Gasteiger partial charge in [-0.25, -0.2) is 0 Å². The lowest BCUT2D eigenvalue weighted by molar-refractivity contribution is -0.133. The van der Waals surface area contributed by atoms with E-state index in [1.54, 1.807) is 7.11 Å². The number of hydrogen-bond donors (Lipinski definition) is 1. The van der Waals surface area contributed by atoms with Crippen molar-refractivity contribution in [1.82, 2.24) is 4.90 Å². The Morgan fingerprint density at radius 2 is 2.27 bits per heavy atom. The minimum atomic E-state index is 0.0564. The molecular weight excluding hydrogens is 194 g/mol. The molecule has 1 aliphatic carbocycles. The number of hydrogen-bond acceptors (Lipinski definition) is 3. The Hall–Kier alpha value is -0.610. The summed E-state index contributed by atoms with van der Waals surface area (Å²) in [6.45, 7) is 3.15. The summed E-state index contributed by atoms with van der Waals surface area (Å²) in [7, 11) is 1.65. The van der Waals surface area contributed by atoms with E-state index in [4.69, 9.17) is 9.84 Å². The highest BCUT2D eigenvalue weighted by atomic mass is 16.5. The Labute approximate surface area is 91.2 Å². The Bertz CT molecular complexity index is 204. The van der Waals surface area contributed by atoms with Crippen LogP contribution in [0.4, 0.5) is 0 Å². The van der Waals surface area contributed by atoms with E-state index in [9.17, 15) is 4.79 Å². The normalized spacial score (nSPS) is 17.5. The summed E-state index contributed by atoms with van der Waals surface area (Å²) in [6, 6.07) is 0.388.